The lowest BCUT2D eigenvalue weighted by Gasteiger charge is -2.55. The number of benzene rings is 1. The molecule has 2 heterocycles. The van der Waals surface area contributed by atoms with Crippen molar-refractivity contribution in [2.45, 2.75) is 76.5 Å². The molecular weight excluding hydrogens is 402 g/mol. The molecule has 1 aromatic carbocycles. The molecule has 1 spiro atoms. The third kappa shape index (κ3) is 3.50. The number of hydrogen-bond acceptors (Lipinski definition) is 5. The number of carbonyl (C=O) groups is 1. The molecule has 6 heteroatoms. The van der Waals surface area contributed by atoms with Crippen LogP contribution in [0.3, 0.4) is 0 Å². The first kappa shape index (κ1) is 22.0. The van der Waals surface area contributed by atoms with E-state index in [1.807, 2.05) is 37.8 Å². The predicted octanol–water partition coefficient (Wildman–Crippen LogP) is 3.52. The molecule has 0 aromatic heterocycles. The van der Waals surface area contributed by atoms with Crippen LogP contribution in [-0.4, -0.2) is 71.9 Å². The molecule has 2 bridgehead atoms. The largest absolute Gasteiger partial charge is 0.508 e. The Labute approximate surface area is 192 Å². The molecule has 5 rings (SSSR count). The van der Waals surface area contributed by atoms with Gasteiger partial charge in [-0.05, 0) is 89.2 Å². The third-order valence-corrected chi connectivity index (χ3v) is 8.53. The first-order valence-corrected chi connectivity index (χ1v) is 12.2. The highest BCUT2D eigenvalue weighted by atomic mass is 16.6. The van der Waals surface area contributed by atoms with Gasteiger partial charge in [0.2, 0.25) is 0 Å². The Morgan fingerprint density at radius 1 is 1.28 bits per heavy atom. The molecule has 32 heavy (non-hydrogen) atoms. The summed E-state index contributed by atoms with van der Waals surface area (Å²) in [5.41, 5.74) is 2.72. The van der Waals surface area contributed by atoms with Gasteiger partial charge in [0.25, 0.3) is 0 Å². The summed E-state index contributed by atoms with van der Waals surface area (Å²) in [4.78, 5) is 16.8. The van der Waals surface area contributed by atoms with E-state index in [1.165, 1.54) is 24.1 Å². The van der Waals surface area contributed by atoms with Crippen molar-refractivity contribution in [2.24, 2.45) is 11.3 Å². The maximum atomic E-state index is 12.4. The van der Waals surface area contributed by atoms with E-state index in [0.29, 0.717) is 29.2 Å². The number of phenolic OH excluding ortho intramolecular Hbond substituents is 1. The van der Waals surface area contributed by atoms with Crippen LogP contribution < -0.4 is 5.32 Å². The number of carbonyl (C=O) groups excluding carboxylic acids is 1. The molecule has 1 amide bonds. The van der Waals surface area contributed by atoms with Gasteiger partial charge in [-0.1, -0.05) is 13.0 Å². The number of amides is 1. The molecule has 6 nitrogen and oxygen atoms in total. The van der Waals surface area contributed by atoms with Crippen LogP contribution in [0.5, 0.6) is 5.75 Å². The molecule has 0 radical (unpaired) electrons. The summed E-state index contributed by atoms with van der Waals surface area (Å²) in [5, 5.41) is 14.2. The van der Waals surface area contributed by atoms with Gasteiger partial charge in [0.05, 0.1) is 0 Å². The lowest BCUT2D eigenvalue weighted by Crippen LogP contribution is -2.66. The van der Waals surface area contributed by atoms with E-state index in [1.54, 1.807) is 0 Å². The van der Waals surface area contributed by atoms with Crippen LogP contribution in [0.2, 0.25) is 0 Å². The summed E-state index contributed by atoms with van der Waals surface area (Å²) in [6.45, 7) is 11.9. The summed E-state index contributed by atoms with van der Waals surface area (Å²) >= 11 is 0. The highest BCUT2D eigenvalue weighted by Gasteiger charge is 2.68. The van der Waals surface area contributed by atoms with Crippen LogP contribution in [0.4, 0.5) is 4.79 Å². The minimum Gasteiger partial charge on any atom is -0.508 e. The molecule has 2 saturated heterocycles. The highest BCUT2D eigenvalue weighted by molar-refractivity contribution is 5.68. The van der Waals surface area contributed by atoms with Crippen molar-refractivity contribution in [1.82, 2.24) is 15.1 Å². The average molecular weight is 442 g/mol. The number of aromatic hydroxyl groups is 1. The third-order valence-electron chi connectivity index (χ3n) is 8.53. The number of piperidine rings is 1. The molecule has 0 unspecified atom stereocenters. The predicted molar refractivity (Wildman–Crippen MR) is 125 cm³/mol. The number of likely N-dealkylation sites (tertiary alicyclic amines) is 2. The maximum absolute atomic E-state index is 12.4. The van der Waals surface area contributed by atoms with Crippen molar-refractivity contribution in [3.8, 4) is 5.75 Å². The highest BCUT2D eigenvalue weighted by Crippen LogP contribution is 2.63. The molecule has 1 saturated carbocycles. The van der Waals surface area contributed by atoms with Crippen molar-refractivity contribution in [2.75, 3.05) is 33.2 Å². The van der Waals surface area contributed by atoms with Crippen molar-refractivity contribution in [3.05, 3.63) is 29.3 Å². The number of fused-ring (bicyclic) bond motifs is 3. The summed E-state index contributed by atoms with van der Waals surface area (Å²) in [7, 11) is 2.26. The van der Waals surface area contributed by atoms with Gasteiger partial charge in [0.1, 0.15) is 11.4 Å². The van der Waals surface area contributed by atoms with Gasteiger partial charge < -0.3 is 25.0 Å². The van der Waals surface area contributed by atoms with Crippen LogP contribution in [0.1, 0.15) is 58.1 Å². The second kappa shape index (κ2) is 7.36. The van der Waals surface area contributed by atoms with Crippen molar-refractivity contribution in [3.63, 3.8) is 0 Å². The molecule has 176 valence electrons. The smallest absolute Gasteiger partial charge is 0.410 e. The second-order valence-corrected chi connectivity index (χ2v) is 12.1. The Hall–Kier alpha value is -1.79. The van der Waals surface area contributed by atoms with Crippen LogP contribution in [0.25, 0.3) is 0 Å². The molecule has 4 atom stereocenters. The van der Waals surface area contributed by atoms with Gasteiger partial charge in [0.15, 0.2) is 0 Å². The van der Waals surface area contributed by atoms with Gasteiger partial charge in [0, 0.05) is 42.5 Å². The monoisotopic (exact) mass is 441 g/mol. The number of phenols is 1. The molecular formula is C26H39N3O3. The molecule has 2 N–H and O–H groups in total. The number of nitrogens with zero attached hydrogens (tertiary/aromatic N) is 2. The van der Waals surface area contributed by atoms with E-state index < -0.39 is 5.60 Å². The number of rotatable bonds is 3. The Balaban J connectivity index is 1.26. The van der Waals surface area contributed by atoms with Gasteiger partial charge in [-0.15, -0.1) is 0 Å². The minimum atomic E-state index is -0.444. The van der Waals surface area contributed by atoms with E-state index >= 15 is 0 Å². The first-order chi connectivity index (χ1) is 15.0. The summed E-state index contributed by atoms with van der Waals surface area (Å²) in [6.07, 6.45) is 4.16. The number of likely N-dealkylation sites (N-methyl/N-ethyl adjacent to an activating group) is 1. The van der Waals surface area contributed by atoms with Gasteiger partial charge >= 0.3 is 6.09 Å². The first-order valence-electron chi connectivity index (χ1n) is 12.2. The van der Waals surface area contributed by atoms with E-state index in [4.69, 9.17) is 4.74 Å². The normalized spacial score (nSPS) is 34.6. The molecule has 3 fully saturated rings. The van der Waals surface area contributed by atoms with Crippen LogP contribution in [0, 0.1) is 11.3 Å². The number of hydrogen-bond donors (Lipinski definition) is 2. The quantitative estimate of drug-likeness (QED) is 0.752. The second-order valence-electron chi connectivity index (χ2n) is 12.1. The van der Waals surface area contributed by atoms with Gasteiger partial charge in [-0.25, -0.2) is 4.79 Å². The maximum Gasteiger partial charge on any atom is 0.410 e. The molecule has 2 aliphatic heterocycles. The summed E-state index contributed by atoms with van der Waals surface area (Å²) < 4.78 is 5.55. The Morgan fingerprint density at radius 2 is 2.00 bits per heavy atom. The van der Waals surface area contributed by atoms with Crippen molar-refractivity contribution in [1.29, 1.82) is 0 Å². The Kier molecular flexibility index (Phi) is 5.06. The lowest BCUT2D eigenvalue weighted by molar-refractivity contribution is -0.0426. The fourth-order valence-corrected chi connectivity index (χ4v) is 7.39. The zero-order valence-corrected chi connectivity index (χ0v) is 20.3. The van der Waals surface area contributed by atoms with E-state index in [0.717, 1.165) is 38.9 Å². The van der Waals surface area contributed by atoms with E-state index in [2.05, 4.69) is 30.3 Å². The topological polar surface area (TPSA) is 65.0 Å². The number of nitrogens with one attached hydrogen (secondary N) is 1. The Morgan fingerprint density at radius 3 is 2.66 bits per heavy atom. The van der Waals surface area contributed by atoms with Crippen LogP contribution in [0.15, 0.2) is 18.2 Å². The van der Waals surface area contributed by atoms with E-state index in [9.17, 15) is 9.90 Å². The van der Waals surface area contributed by atoms with E-state index in [-0.39, 0.29) is 11.5 Å². The molecule has 2 aliphatic carbocycles. The van der Waals surface area contributed by atoms with Crippen molar-refractivity contribution < 1.29 is 14.6 Å². The summed E-state index contributed by atoms with van der Waals surface area (Å²) in [5.74, 6) is 0.949. The van der Waals surface area contributed by atoms with Gasteiger partial charge in [-0.3, -0.25) is 0 Å². The zero-order valence-electron chi connectivity index (χ0n) is 20.3. The van der Waals surface area contributed by atoms with Crippen LogP contribution >= 0.6 is 0 Å². The minimum absolute atomic E-state index is 0.0406. The fraction of sp³-hybridized carbons (Fsp3) is 0.731. The fourth-order valence-electron chi connectivity index (χ4n) is 7.39. The standard InChI is InChI=1S/C26H39N3O3/c1-24(2,3)32-23(31)29-10-8-17(9-11-29)14-27-21-22-26(16-28(22)5)13-18-6-7-19(30)12-20(18)25(21,4)15-26/h6-7,12,17,21-22,27,30H,8-11,13-16H2,1-5H3/t21-,22-,25-,26-/m0/s1. The number of ether oxygens (including phenoxy) is 1. The van der Waals surface area contributed by atoms with Gasteiger partial charge in [-0.2, -0.15) is 0 Å². The molecule has 1 aromatic rings. The molecule has 4 aliphatic rings. The summed E-state index contributed by atoms with van der Waals surface area (Å²) in [6, 6.07) is 6.94. The zero-order chi connectivity index (χ0) is 22.9. The SMILES string of the molecule is CN1C[C@]23Cc4ccc(O)cc4[C@](C)(C2)[C@@H](NCC2CCN(C(=O)OC(C)(C)C)CC2)[C@H]13. The van der Waals surface area contributed by atoms with Crippen molar-refractivity contribution >= 4 is 6.09 Å². The van der Waals surface area contributed by atoms with Crippen LogP contribution in [-0.2, 0) is 16.6 Å². The average Bonchev–Trinajstić information content (AvgIpc) is 2.86. The lowest BCUT2D eigenvalue weighted by atomic mass is 9.63. The Bertz CT molecular complexity index is 904.